The molecule has 0 aliphatic carbocycles. The van der Waals surface area contributed by atoms with Crippen molar-refractivity contribution >= 4 is 10.8 Å². The third-order valence-electron chi connectivity index (χ3n) is 4.34. The van der Waals surface area contributed by atoms with Crippen LogP contribution in [0.2, 0.25) is 0 Å². The molecule has 1 aromatic heterocycles. The van der Waals surface area contributed by atoms with Gasteiger partial charge in [0.25, 0.3) is 0 Å². The van der Waals surface area contributed by atoms with E-state index in [2.05, 4.69) is 36.2 Å². The maximum Gasteiger partial charge on any atom is 0.124 e. The number of hydrogen-bond donors (Lipinski definition) is 0. The molecule has 1 unspecified atom stereocenters. The van der Waals surface area contributed by atoms with Gasteiger partial charge in [-0.05, 0) is 53.3 Å². The highest BCUT2D eigenvalue weighted by Gasteiger charge is 2.17. The van der Waals surface area contributed by atoms with Gasteiger partial charge in [0.1, 0.15) is 11.9 Å². The Bertz CT molecular complexity index is 821. The Balaban J connectivity index is 1.63. The highest BCUT2D eigenvalue weighted by atomic mass is 16.5. The second-order valence-electron chi connectivity index (χ2n) is 6.02. The highest BCUT2D eigenvalue weighted by Crippen LogP contribution is 2.29. The van der Waals surface area contributed by atoms with Crippen LogP contribution in [-0.2, 0) is 4.74 Å². The molecule has 1 fully saturated rings. The Hall–Kier alpha value is -2.39. The largest absolute Gasteiger partial charge is 0.488 e. The quantitative estimate of drug-likeness (QED) is 0.719. The number of aryl methyl sites for hydroxylation is 1. The molecule has 3 nitrogen and oxygen atoms in total. The summed E-state index contributed by atoms with van der Waals surface area (Å²) in [4.78, 5) is 4.22. The number of ether oxygens (including phenoxy) is 2. The Morgan fingerprint density at radius 2 is 1.96 bits per heavy atom. The highest BCUT2D eigenvalue weighted by molar-refractivity contribution is 5.88. The first-order valence-electron chi connectivity index (χ1n) is 7.99. The SMILES string of the molecule is Cc1cc2ccncc2cc1-c1ccc(OC2CCOC2)cc1. The van der Waals surface area contributed by atoms with Crippen LogP contribution < -0.4 is 4.74 Å². The van der Waals surface area contributed by atoms with E-state index in [0.29, 0.717) is 6.61 Å². The van der Waals surface area contributed by atoms with Gasteiger partial charge in [-0.1, -0.05) is 18.2 Å². The molecule has 0 radical (unpaired) electrons. The van der Waals surface area contributed by atoms with Crippen molar-refractivity contribution in [2.75, 3.05) is 13.2 Å². The fraction of sp³-hybridized carbons (Fsp3) is 0.250. The summed E-state index contributed by atoms with van der Waals surface area (Å²) in [5.74, 6) is 0.907. The average molecular weight is 305 g/mol. The van der Waals surface area contributed by atoms with Crippen LogP contribution >= 0.6 is 0 Å². The minimum Gasteiger partial charge on any atom is -0.488 e. The molecule has 0 bridgehead atoms. The van der Waals surface area contributed by atoms with Gasteiger partial charge in [-0.15, -0.1) is 0 Å². The maximum absolute atomic E-state index is 5.93. The molecular formula is C20H19NO2. The van der Waals surface area contributed by atoms with Crippen LogP contribution in [0.15, 0.2) is 54.9 Å². The van der Waals surface area contributed by atoms with Gasteiger partial charge in [-0.25, -0.2) is 0 Å². The molecule has 0 saturated carbocycles. The number of hydrogen-bond acceptors (Lipinski definition) is 3. The van der Waals surface area contributed by atoms with Gasteiger partial charge in [0.15, 0.2) is 0 Å². The van der Waals surface area contributed by atoms with Crippen molar-refractivity contribution in [3.05, 3.63) is 60.4 Å². The zero-order valence-electron chi connectivity index (χ0n) is 13.2. The predicted octanol–water partition coefficient (Wildman–Crippen LogP) is 4.38. The monoisotopic (exact) mass is 305 g/mol. The second kappa shape index (κ2) is 6.01. The second-order valence-corrected chi connectivity index (χ2v) is 6.02. The van der Waals surface area contributed by atoms with E-state index >= 15 is 0 Å². The van der Waals surface area contributed by atoms with E-state index in [1.807, 2.05) is 30.6 Å². The maximum atomic E-state index is 5.93. The summed E-state index contributed by atoms with van der Waals surface area (Å²) in [6, 6.07) is 14.8. The molecule has 0 spiro atoms. The van der Waals surface area contributed by atoms with Crippen LogP contribution in [0.1, 0.15) is 12.0 Å². The molecule has 4 rings (SSSR count). The van der Waals surface area contributed by atoms with Crippen molar-refractivity contribution in [3.8, 4) is 16.9 Å². The molecule has 1 atom stereocenters. The summed E-state index contributed by atoms with van der Waals surface area (Å²) in [5.41, 5.74) is 3.70. The molecule has 1 aliphatic rings. The number of rotatable bonds is 3. The molecule has 116 valence electrons. The summed E-state index contributed by atoms with van der Waals surface area (Å²) in [7, 11) is 0. The lowest BCUT2D eigenvalue weighted by molar-refractivity contribution is 0.141. The van der Waals surface area contributed by atoms with Gasteiger partial charge in [-0.3, -0.25) is 4.98 Å². The van der Waals surface area contributed by atoms with E-state index in [1.54, 1.807) is 0 Å². The summed E-state index contributed by atoms with van der Waals surface area (Å²) in [6.07, 6.45) is 4.91. The minimum atomic E-state index is 0.189. The number of aromatic nitrogens is 1. The van der Waals surface area contributed by atoms with Gasteiger partial charge in [-0.2, -0.15) is 0 Å². The molecule has 3 aromatic rings. The number of pyridine rings is 1. The smallest absolute Gasteiger partial charge is 0.124 e. The first-order valence-corrected chi connectivity index (χ1v) is 7.99. The van der Waals surface area contributed by atoms with Gasteiger partial charge >= 0.3 is 0 Å². The molecule has 1 aliphatic heterocycles. The van der Waals surface area contributed by atoms with E-state index in [9.17, 15) is 0 Å². The summed E-state index contributed by atoms with van der Waals surface area (Å²) in [6.45, 7) is 3.64. The van der Waals surface area contributed by atoms with E-state index in [-0.39, 0.29) is 6.10 Å². The Kier molecular flexibility index (Phi) is 3.72. The van der Waals surface area contributed by atoms with Crippen LogP contribution in [0.4, 0.5) is 0 Å². The third-order valence-corrected chi connectivity index (χ3v) is 4.34. The third kappa shape index (κ3) is 2.92. The fourth-order valence-corrected chi connectivity index (χ4v) is 3.07. The summed E-state index contributed by atoms with van der Waals surface area (Å²) in [5, 5.41) is 2.39. The lowest BCUT2D eigenvalue weighted by Gasteiger charge is -2.13. The molecular weight excluding hydrogens is 286 g/mol. The van der Waals surface area contributed by atoms with Crippen LogP contribution in [-0.4, -0.2) is 24.3 Å². The number of fused-ring (bicyclic) bond motifs is 1. The lowest BCUT2D eigenvalue weighted by Crippen LogP contribution is -2.15. The van der Waals surface area contributed by atoms with E-state index in [0.717, 1.165) is 24.2 Å². The van der Waals surface area contributed by atoms with Crippen molar-refractivity contribution in [2.45, 2.75) is 19.4 Å². The Labute approximate surface area is 135 Å². The number of benzene rings is 2. The fourth-order valence-electron chi connectivity index (χ4n) is 3.07. The molecule has 2 heterocycles. The van der Waals surface area contributed by atoms with E-state index in [4.69, 9.17) is 9.47 Å². The van der Waals surface area contributed by atoms with Crippen molar-refractivity contribution in [1.29, 1.82) is 0 Å². The topological polar surface area (TPSA) is 31.4 Å². The molecule has 23 heavy (non-hydrogen) atoms. The minimum absolute atomic E-state index is 0.189. The molecule has 1 saturated heterocycles. The van der Waals surface area contributed by atoms with E-state index < -0.39 is 0 Å². The summed E-state index contributed by atoms with van der Waals surface area (Å²) < 4.78 is 11.3. The molecule has 3 heteroatoms. The molecule has 0 amide bonds. The van der Waals surface area contributed by atoms with Crippen LogP contribution in [0.5, 0.6) is 5.75 Å². The zero-order chi connectivity index (χ0) is 15.6. The average Bonchev–Trinajstić information content (AvgIpc) is 3.08. The standard InChI is InChI=1S/C20H19NO2/c1-14-10-16-6-8-21-12-17(16)11-20(14)15-2-4-18(5-3-15)23-19-7-9-22-13-19/h2-6,8,10-12,19H,7,9,13H2,1H3. The van der Waals surface area contributed by atoms with Gasteiger partial charge in [0.2, 0.25) is 0 Å². The van der Waals surface area contributed by atoms with Crippen molar-refractivity contribution in [3.63, 3.8) is 0 Å². The van der Waals surface area contributed by atoms with Crippen LogP contribution in [0.3, 0.4) is 0 Å². The first kappa shape index (κ1) is 14.2. The van der Waals surface area contributed by atoms with Crippen molar-refractivity contribution in [1.82, 2.24) is 4.98 Å². The van der Waals surface area contributed by atoms with Crippen molar-refractivity contribution in [2.24, 2.45) is 0 Å². The van der Waals surface area contributed by atoms with Gasteiger partial charge in [0, 0.05) is 24.2 Å². The zero-order valence-corrected chi connectivity index (χ0v) is 13.2. The van der Waals surface area contributed by atoms with Crippen molar-refractivity contribution < 1.29 is 9.47 Å². The molecule has 2 aromatic carbocycles. The first-order chi connectivity index (χ1) is 11.3. The van der Waals surface area contributed by atoms with E-state index in [1.165, 1.54) is 22.1 Å². The van der Waals surface area contributed by atoms with Gasteiger partial charge in [0.05, 0.1) is 13.2 Å². The Morgan fingerprint density at radius 3 is 2.74 bits per heavy atom. The predicted molar refractivity (Wildman–Crippen MR) is 91.8 cm³/mol. The van der Waals surface area contributed by atoms with Crippen LogP contribution in [0, 0.1) is 6.92 Å². The number of nitrogens with zero attached hydrogens (tertiary/aromatic N) is 1. The molecule has 0 N–H and O–H groups in total. The summed E-state index contributed by atoms with van der Waals surface area (Å²) >= 11 is 0. The lowest BCUT2D eigenvalue weighted by atomic mass is 9.97. The van der Waals surface area contributed by atoms with Gasteiger partial charge < -0.3 is 9.47 Å². The normalized spacial score (nSPS) is 17.5. The van der Waals surface area contributed by atoms with Crippen LogP contribution in [0.25, 0.3) is 21.9 Å². The Morgan fingerprint density at radius 1 is 1.09 bits per heavy atom.